The highest BCUT2D eigenvalue weighted by molar-refractivity contribution is 7.92. The molecule has 1 rings (SSSR count). The molecule has 1 aromatic carbocycles. The van der Waals surface area contributed by atoms with Gasteiger partial charge in [0.2, 0.25) is 0 Å². The Morgan fingerprint density at radius 2 is 1.75 bits per heavy atom. The van der Waals surface area contributed by atoms with Crippen LogP contribution in [0.4, 0.5) is 0 Å². The van der Waals surface area contributed by atoms with Crippen LogP contribution < -0.4 is 0 Å². The Hall–Kier alpha value is -0.873. The van der Waals surface area contributed by atoms with Gasteiger partial charge in [0, 0.05) is 13.8 Å². The Kier molecular flexibility index (Phi) is 5.77. The molecule has 0 spiro atoms. The summed E-state index contributed by atoms with van der Waals surface area (Å²) in [7, 11) is -4.47. The minimum atomic E-state index is -3.12. The standard InChI is InChI=1S/C16H26O2SSi/c1-14(2)16(13-15-9-7-6-8-10-15)19(17,18)11-12-20(3,4)5/h6-10,16H,1,11-13H2,2-5H3/t16-/m0/s1. The quantitative estimate of drug-likeness (QED) is 0.565. The summed E-state index contributed by atoms with van der Waals surface area (Å²) in [6.45, 7) is 12.3. The van der Waals surface area contributed by atoms with Crippen LogP contribution in [0.3, 0.4) is 0 Å². The third-order valence-electron chi connectivity index (χ3n) is 3.38. The summed E-state index contributed by atoms with van der Waals surface area (Å²) in [6.07, 6.45) is 0.532. The largest absolute Gasteiger partial charge is 0.228 e. The van der Waals surface area contributed by atoms with E-state index in [1.165, 1.54) is 0 Å². The highest BCUT2D eigenvalue weighted by atomic mass is 32.2. The van der Waals surface area contributed by atoms with Gasteiger partial charge in [-0.15, -0.1) is 0 Å². The van der Waals surface area contributed by atoms with Gasteiger partial charge in [-0.25, -0.2) is 8.42 Å². The van der Waals surface area contributed by atoms with Gasteiger partial charge in [-0.3, -0.25) is 0 Å². The van der Waals surface area contributed by atoms with Gasteiger partial charge < -0.3 is 0 Å². The zero-order chi connectivity index (χ0) is 15.4. The highest BCUT2D eigenvalue weighted by Gasteiger charge is 2.28. The molecule has 0 unspecified atom stereocenters. The zero-order valence-electron chi connectivity index (χ0n) is 13.0. The lowest BCUT2D eigenvalue weighted by Crippen LogP contribution is -2.31. The molecule has 4 heteroatoms. The van der Waals surface area contributed by atoms with Gasteiger partial charge in [-0.05, 0) is 25.0 Å². The van der Waals surface area contributed by atoms with Crippen LogP contribution >= 0.6 is 0 Å². The van der Waals surface area contributed by atoms with E-state index in [-0.39, 0.29) is 5.75 Å². The molecule has 0 aromatic heterocycles. The van der Waals surface area contributed by atoms with Crippen molar-refractivity contribution in [2.45, 2.75) is 44.3 Å². The molecule has 0 saturated heterocycles. The van der Waals surface area contributed by atoms with Gasteiger partial charge in [-0.1, -0.05) is 62.1 Å². The first-order valence-corrected chi connectivity index (χ1v) is 12.4. The monoisotopic (exact) mass is 310 g/mol. The van der Waals surface area contributed by atoms with Gasteiger partial charge in [-0.2, -0.15) is 0 Å². The van der Waals surface area contributed by atoms with Gasteiger partial charge in [0.25, 0.3) is 0 Å². The Bertz CT molecular complexity index is 542. The number of hydrogen-bond acceptors (Lipinski definition) is 2. The van der Waals surface area contributed by atoms with Crippen molar-refractivity contribution in [3.05, 3.63) is 48.0 Å². The zero-order valence-corrected chi connectivity index (χ0v) is 14.8. The summed E-state index contributed by atoms with van der Waals surface area (Å²) in [6, 6.07) is 10.6. The molecule has 0 fully saturated rings. The van der Waals surface area contributed by atoms with Crippen molar-refractivity contribution in [2.24, 2.45) is 0 Å². The maximum atomic E-state index is 12.6. The van der Waals surface area contributed by atoms with Crippen molar-refractivity contribution >= 4 is 17.9 Å². The highest BCUT2D eigenvalue weighted by Crippen LogP contribution is 2.20. The third kappa shape index (κ3) is 5.63. The lowest BCUT2D eigenvalue weighted by atomic mass is 10.1. The van der Waals surface area contributed by atoms with E-state index in [0.717, 1.165) is 17.2 Å². The molecule has 20 heavy (non-hydrogen) atoms. The van der Waals surface area contributed by atoms with Crippen LogP contribution in [0.15, 0.2) is 42.5 Å². The average molecular weight is 311 g/mol. The smallest absolute Gasteiger partial charge is 0.157 e. The van der Waals surface area contributed by atoms with Crippen LogP contribution in [0.25, 0.3) is 0 Å². The second-order valence-corrected chi connectivity index (χ2v) is 14.6. The first-order chi connectivity index (χ1) is 9.12. The van der Waals surface area contributed by atoms with E-state index in [9.17, 15) is 8.42 Å². The van der Waals surface area contributed by atoms with E-state index in [1.807, 2.05) is 37.3 Å². The van der Waals surface area contributed by atoms with Crippen LogP contribution in [-0.2, 0) is 16.3 Å². The first-order valence-electron chi connectivity index (χ1n) is 7.03. The van der Waals surface area contributed by atoms with Crippen molar-refractivity contribution in [3.8, 4) is 0 Å². The summed E-state index contributed by atoms with van der Waals surface area (Å²) in [4.78, 5) is 0. The minimum Gasteiger partial charge on any atom is -0.228 e. The lowest BCUT2D eigenvalue weighted by Gasteiger charge is -2.21. The van der Waals surface area contributed by atoms with Gasteiger partial charge in [0.05, 0.1) is 5.25 Å². The molecular formula is C16H26O2SSi. The molecule has 0 saturated carbocycles. The van der Waals surface area contributed by atoms with E-state index in [0.29, 0.717) is 6.42 Å². The van der Waals surface area contributed by atoms with Crippen molar-refractivity contribution in [1.29, 1.82) is 0 Å². The number of benzene rings is 1. The molecule has 112 valence electrons. The van der Waals surface area contributed by atoms with E-state index in [4.69, 9.17) is 0 Å². The average Bonchev–Trinajstić information content (AvgIpc) is 2.34. The summed E-state index contributed by atoms with van der Waals surface area (Å²) >= 11 is 0. The van der Waals surface area contributed by atoms with Crippen LogP contribution in [-0.4, -0.2) is 27.5 Å². The SMILES string of the molecule is C=C(C)[C@H](Cc1ccccc1)S(=O)(=O)CC[Si](C)(C)C. The van der Waals surface area contributed by atoms with E-state index in [2.05, 4.69) is 26.2 Å². The molecule has 0 heterocycles. The molecule has 1 atom stereocenters. The Balaban J connectivity index is 2.88. The fourth-order valence-corrected chi connectivity index (χ4v) is 6.96. The normalized spacial score (nSPS) is 14.0. The molecule has 0 aliphatic carbocycles. The molecule has 0 aliphatic heterocycles. The van der Waals surface area contributed by atoms with Crippen molar-refractivity contribution in [1.82, 2.24) is 0 Å². The third-order valence-corrected chi connectivity index (χ3v) is 7.71. The Morgan fingerprint density at radius 3 is 2.20 bits per heavy atom. The topological polar surface area (TPSA) is 34.1 Å². The summed E-state index contributed by atoms with van der Waals surface area (Å²) in [5, 5.41) is -0.457. The molecular weight excluding hydrogens is 284 g/mol. The summed E-state index contributed by atoms with van der Waals surface area (Å²) in [5.74, 6) is 0.285. The molecule has 0 aliphatic rings. The second kappa shape index (κ2) is 6.72. The maximum absolute atomic E-state index is 12.6. The molecule has 0 amide bonds. The minimum absolute atomic E-state index is 0.285. The van der Waals surface area contributed by atoms with Crippen molar-refractivity contribution in [2.75, 3.05) is 5.75 Å². The summed E-state index contributed by atoms with van der Waals surface area (Å²) in [5.41, 5.74) is 1.79. The van der Waals surface area contributed by atoms with E-state index >= 15 is 0 Å². The van der Waals surface area contributed by atoms with Crippen LogP contribution in [0.2, 0.25) is 25.7 Å². The van der Waals surface area contributed by atoms with Gasteiger partial charge >= 0.3 is 0 Å². The number of sulfone groups is 1. The predicted molar refractivity (Wildman–Crippen MR) is 90.7 cm³/mol. The Labute approximate surface area is 124 Å². The van der Waals surface area contributed by atoms with Gasteiger partial charge in [0.1, 0.15) is 0 Å². The molecule has 0 radical (unpaired) electrons. The lowest BCUT2D eigenvalue weighted by molar-refractivity contribution is 0.586. The van der Waals surface area contributed by atoms with E-state index < -0.39 is 23.2 Å². The molecule has 0 bridgehead atoms. The van der Waals surface area contributed by atoms with E-state index in [1.54, 1.807) is 0 Å². The molecule has 1 aromatic rings. The Morgan fingerprint density at radius 1 is 1.20 bits per heavy atom. The number of rotatable bonds is 7. The first kappa shape index (κ1) is 17.2. The van der Waals surface area contributed by atoms with Crippen LogP contribution in [0, 0.1) is 0 Å². The fraction of sp³-hybridized carbons (Fsp3) is 0.500. The van der Waals surface area contributed by atoms with Crippen LogP contribution in [0.1, 0.15) is 12.5 Å². The second-order valence-electron chi connectivity index (χ2n) is 6.70. The predicted octanol–water partition coefficient (Wildman–Crippen LogP) is 3.93. The summed E-state index contributed by atoms with van der Waals surface area (Å²) < 4.78 is 25.2. The maximum Gasteiger partial charge on any atom is 0.157 e. The molecule has 2 nitrogen and oxygen atoms in total. The van der Waals surface area contributed by atoms with Crippen LogP contribution in [0.5, 0.6) is 0 Å². The number of hydrogen-bond donors (Lipinski definition) is 0. The molecule has 0 N–H and O–H groups in total. The van der Waals surface area contributed by atoms with Gasteiger partial charge in [0.15, 0.2) is 9.84 Å². The fourth-order valence-electron chi connectivity index (χ4n) is 2.03. The van der Waals surface area contributed by atoms with Crippen molar-refractivity contribution < 1.29 is 8.42 Å². The van der Waals surface area contributed by atoms with Crippen molar-refractivity contribution in [3.63, 3.8) is 0 Å².